The van der Waals surface area contributed by atoms with E-state index in [4.69, 9.17) is 4.74 Å². The van der Waals surface area contributed by atoms with Crippen molar-refractivity contribution in [2.45, 2.75) is 39.7 Å². The molecule has 2 heteroatoms. The van der Waals surface area contributed by atoms with Crippen molar-refractivity contribution in [2.75, 3.05) is 19.0 Å². The van der Waals surface area contributed by atoms with Gasteiger partial charge in [0, 0.05) is 12.8 Å². The summed E-state index contributed by atoms with van der Waals surface area (Å²) in [5.74, 6) is 1.12. The Hall–Kier alpha value is -1.02. The summed E-state index contributed by atoms with van der Waals surface area (Å²) < 4.78 is 5.25. The number of nitrogens with one attached hydrogen (secondary N) is 1. The molecule has 0 heterocycles. The van der Waals surface area contributed by atoms with Crippen LogP contribution in [0.25, 0.3) is 0 Å². The average molecular weight is 235 g/mol. The van der Waals surface area contributed by atoms with Crippen molar-refractivity contribution in [1.29, 1.82) is 0 Å². The quantitative estimate of drug-likeness (QED) is 0.807. The molecule has 0 aliphatic heterocycles. The zero-order chi connectivity index (χ0) is 12.8. The molecule has 0 saturated carbocycles. The lowest BCUT2D eigenvalue weighted by molar-refractivity contribution is 0.171. The molecule has 0 spiro atoms. The molecule has 0 bridgehead atoms. The van der Waals surface area contributed by atoms with E-state index in [0.29, 0.717) is 17.9 Å². The van der Waals surface area contributed by atoms with Crippen LogP contribution < -0.4 is 5.32 Å². The van der Waals surface area contributed by atoms with Gasteiger partial charge in [-0.1, -0.05) is 39.8 Å². The van der Waals surface area contributed by atoms with Crippen molar-refractivity contribution in [2.24, 2.45) is 5.92 Å². The van der Waals surface area contributed by atoms with Gasteiger partial charge in [0.15, 0.2) is 0 Å². The molecule has 0 aromatic heterocycles. The van der Waals surface area contributed by atoms with Crippen LogP contribution in [-0.2, 0) is 4.74 Å². The molecule has 1 aromatic rings. The predicted octanol–water partition coefficient (Wildman–Crippen LogP) is 3.89. The first-order chi connectivity index (χ1) is 8.04. The summed E-state index contributed by atoms with van der Waals surface area (Å²) in [5, 5.41) is 3.55. The first kappa shape index (κ1) is 14.0. The van der Waals surface area contributed by atoms with Crippen molar-refractivity contribution >= 4 is 5.69 Å². The molecule has 0 amide bonds. The summed E-state index contributed by atoms with van der Waals surface area (Å²) >= 11 is 0. The minimum absolute atomic E-state index is 0.363. The fourth-order valence-corrected chi connectivity index (χ4v) is 1.78. The smallest absolute Gasteiger partial charge is 0.0666 e. The number of anilines is 1. The predicted molar refractivity (Wildman–Crippen MR) is 74.7 cm³/mol. The van der Waals surface area contributed by atoms with Crippen molar-refractivity contribution in [3.8, 4) is 0 Å². The number of hydrogen-bond donors (Lipinski definition) is 1. The third kappa shape index (κ3) is 4.39. The maximum atomic E-state index is 5.25. The molecule has 0 radical (unpaired) electrons. The van der Waals surface area contributed by atoms with Gasteiger partial charge in [-0.2, -0.15) is 0 Å². The van der Waals surface area contributed by atoms with Crippen LogP contribution in [0, 0.1) is 5.92 Å². The third-order valence-electron chi connectivity index (χ3n) is 3.06. The average Bonchev–Trinajstić information content (AvgIpc) is 2.28. The Bertz CT molecular complexity index is 333. The Morgan fingerprint density at radius 1 is 1.18 bits per heavy atom. The maximum absolute atomic E-state index is 5.25. The Kier molecular flexibility index (Phi) is 5.49. The summed E-state index contributed by atoms with van der Waals surface area (Å²) in [7, 11) is 1.75. The van der Waals surface area contributed by atoms with Crippen molar-refractivity contribution in [3.05, 3.63) is 29.8 Å². The molecule has 2 nitrogen and oxygen atoms in total. The van der Waals surface area contributed by atoms with Crippen LogP contribution in [0.4, 0.5) is 5.69 Å². The van der Waals surface area contributed by atoms with Crippen LogP contribution in [0.1, 0.15) is 39.2 Å². The molecule has 0 aliphatic rings. The monoisotopic (exact) mass is 235 g/mol. The van der Waals surface area contributed by atoms with Crippen molar-refractivity contribution in [3.63, 3.8) is 0 Å². The normalized spacial score (nSPS) is 13.1. The Morgan fingerprint density at radius 2 is 1.88 bits per heavy atom. The number of ether oxygens (including phenoxy) is 1. The first-order valence-electron chi connectivity index (χ1n) is 6.40. The highest BCUT2D eigenvalue weighted by atomic mass is 16.5. The van der Waals surface area contributed by atoms with Gasteiger partial charge in [0.2, 0.25) is 0 Å². The van der Waals surface area contributed by atoms with Gasteiger partial charge in [-0.15, -0.1) is 0 Å². The van der Waals surface area contributed by atoms with Gasteiger partial charge in [-0.3, -0.25) is 0 Å². The molecule has 1 N–H and O–H groups in total. The summed E-state index contributed by atoms with van der Waals surface area (Å²) in [6, 6.07) is 9.01. The Balaban J connectivity index is 2.75. The molecule has 1 unspecified atom stereocenters. The zero-order valence-corrected chi connectivity index (χ0v) is 11.7. The van der Waals surface area contributed by atoms with E-state index in [9.17, 15) is 0 Å². The summed E-state index contributed by atoms with van der Waals surface area (Å²) in [6.45, 7) is 9.60. The van der Waals surface area contributed by atoms with Crippen molar-refractivity contribution in [1.82, 2.24) is 0 Å². The Morgan fingerprint density at radius 3 is 2.41 bits per heavy atom. The molecule has 17 heavy (non-hydrogen) atoms. The molecular formula is C15H25NO. The molecule has 1 aromatic carbocycles. The highest BCUT2D eigenvalue weighted by Crippen LogP contribution is 2.20. The second-order valence-electron chi connectivity index (χ2n) is 5.23. The lowest BCUT2D eigenvalue weighted by atomic mass is 10.0. The molecule has 96 valence electrons. The Labute approximate surface area is 105 Å². The van der Waals surface area contributed by atoms with Crippen LogP contribution in [0.5, 0.6) is 0 Å². The van der Waals surface area contributed by atoms with E-state index in [1.54, 1.807) is 7.11 Å². The second kappa shape index (κ2) is 6.65. The van der Waals surface area contributed by atoms with E-state index >= 15 is 0 Å². The highest BCUT2D eigenvalue weighted by molar-refractivity contribution is 5.47. The van der Waals surface area contributed by atoms with Crippen molar-refractivity contribution < 1.29 is 4.74 Å². The lowest BCUT2D eigenvalue weighted by Crippen LogP contribution is -2.30. The summed E-state index contributed by atoms with van der Waals surface area (Å²) in [5.41, 5.74) is 2.56. The fourth-order valence-electron chi connectivity index (χ4n) is 1.78. The standard InChI is InChI=1S/C15H25NO/c1-11(2)13-7-6-8-14(9-13)16-15(10-17-5)12(3)4/h6-9,11-12,15-16H,10H2,1-5H3. The SMILES string of the molecule is COCC(Nc1cccc(C(C)C)c1)C(C)C. The molecule has 0 saturated heterocycles. The topological polar surface area (TPSA) is 21.3 Å². The van der Waals surface area contributed by atoms with E-state index in [1.807, 2.05) is 0 Å². The fraction of sp³-hybridized carbons (Fsp3) is 0.600. The van der Waals surface area contributed by atoms with Gasteiger partial charge < -0.3 is 10.1 Å². The lowest BCUT2D eigenvalue weighted by Gasteiger charge is -2.23. The molecule has 0 fully saturated rings. The van der Waals surface area contributed by atoms with E-state index in [2.05, 4.69) is 57.3 Å². The van der Waals surface area contributed by atoms with E-state index in [1.165, 1.54) is 11.3 Å². The number of rotatable bonds is 6. The number of hydrogen-bond acceptors (Lipinski definition) is 2. The minimum atomic E-state index is 0.363. The molecule has 1 rings (SSSR count). The molecule has 1 atom stereocenters. The summed E-state index contributed by atoms with van der Waals surface area (Å²) in [6.07, 6.45) is 0. The molecule has 0 aliphatic carbocycles. The first-order valence-corrected chi connectivity index (χ1v) is 6.40. The van der Waals surface area contributed by atoms with E-state index in [-0.39, 0.29) is 0 Å². The van der Waals surface area contributed by atoms with Gasteiger partial charge >= 0.3 is 0 Å². The van der Waals surface area contributed by atoms with Gasteiger partial charge in [0.25, 0.3) is 0 Å². The van der Waals surface area contributed by atoms with Crippen LogP contribution >= 0.6 is 0 Å². The van der Waals surface area contributed by atoms with E-state index in [0.717, 1.165) is 6.61 Å². The van der Waals surface area contributed by atoms with E-state index < -0.39 is 0 Å². The number of benzene rings is 1. The van der Waals surface area contributed by atoms with Gasteiger partial charge in [0.05, 0.1) is 12.6 Å². The van der Waals surface area contributed by atoms with Gasteiger partial charge in [-0.25, -0.2) is 0 Å². The maximum Gasteiger partial charge on any atom is 0.0666 e. The molecular weight excluding hydrogens is 210 g/mol. The summed E-state index contributed by atoms with van der Waals surface area (Å²) in [4.78, 5) is 0. The number of methoxy groups -OCH3 is 1. The van der Waals surface area contributed by atoms with Crippen LogP contribution in [-0.4, -0.2) is 19.8 Å². The van der Waals surface area contributed by atoms with Crippen LogP contribution in [0.3, 0.4) is 0 Å². The van der Waals surface area contributed by atoms with Crippen LogP contribution in [0.15, 0.2) is 24.3 Å². The third-order valence-corrected chi connectivity index (χ3v) is 3.06. The largest absolute Gasteiger partial charge is 0.383 e. The van der Waals surface area contributed by atoms with Gasteiger partial charge in [-0.05, 0) is 29.5 Å². The second-order valence-corrected chi connectivity index (χ2v) is 5.23. The van der Waals surface area contributed by atoms with Crippen LogP contribution in [0.2, 0.25) is 0 Å². The zero-order valence-electron chi connectivity index (χ0n) is 11.7. The minimum Gasteiger partial charge on any atom is -0.383 e. The highest BCUT2D eigenvalue weighted by Gasteiger charge is 2.13. The van der Waals surface area contributed by atoms with Gasteiger partial charge in [0.1, 0.15) is 0 Å².